The summed E-state index contributed by atoms with van der Waals surface area (Å²) in [7, 11) is 11.5. The smallest absolute Gasteiger partial charge is 0.203 e. The minimum absolute atomic E-state index is 0.233. The van der Waals surface area contributed by atoms with Crippen LogP contribution in [0.1, 0.15) is 138 Å². The lowest BCUT2D eigenvalue weighted by Crippen LogP contribution is -2.13. The molecule has 0 saturated carbocycles. The minimum atomic E-state index is 0.233. The Kier molecular flexibility index (Phi) is 50.1. The van der Waals surface area contributed by atoms with Gasteiger partial charge in [0.1, 0.15) is 0 Å². The minimum Gasteiger partial charge on any atom is -0.493 e. The number of hydrogen-bond donors (Lipinski definition) is 0. The normalized spacial score (nSPS) is 11.4. The van der Waals surface area contributed by atoms with E-state index in [0.717, 1.165) is 44.8 Å². The number of ether oxygens (including phenoxy) is 9. The van der Waals surface area contributed by atoms with Gasteiger partial charge < -0.3 is 42.6 Å². The molecular formula is C41H84O9. The molecule has 0 aliphatic rings. The molecule has 0 aromatic heterocycles. The predicted octanol–water partition coefficient (Wildman–Crippen LogP) is 10.7. The van der Waals surface area contributed by atoms with Crippen LogP contribution in [0.25, 0.3) is 0 Å². The van der Waals surface area contributed by atoms with E-state index in [4.69, 9.17) is 42.6 Å². The summed E-state index contributed by atoms with van der Waals surface area (Å²) in [6.07, 6.45) is 16.6. The van der Waals surface area contributed by atoms with Crippen LogP contribution in [0.4, 0.5) is 0 Å². The molecule has 0 saturated heterocycles. The summed E-state index contributed by atoms with van der Waals surface area (Å²) in [6.45, 7) is 20.9. The van der Waals surface area contributed by atoms with Gasteiger partial charge in [-0.05, 0) is 64.7 Å². The van der Waals surface area contributed by atoms with Crippen LogP contribution in [0, 0.1) is 0 Å². The molecule has 0 spiro atoms. The molecule has 0 fully saturated rings. The Labute approximate surface area is 310 Å². The fourth-order valence-electron chi connectivity index (χ4n) is 3.88. The summed E-state index contributed by atoms with van der Waals surface area (Å²) >= 11 is 0. The second-order valence-corrected chi connectivity index (χ2v) is 12.3. The zero-order chi connectivity index (χ0) is 38.8. The van der Waals surface area contributed by atoms with Crippen molar-refractivity contribution in [2.45, 2.75) is 157 Å². The van der Waals surface area contributed by atoms with Crippen molar-refractivity contribution in [2.75, 3.05) is 76.2 Å². The fourth-order valence-corrected chi connectivity index (χ4v) is 3.88. The van der Waals surface area contributed by atoms with Crippen molar-refractivity contribution in [3.8, 4) is 17.2 Å². The molecule has 0 aliphatic carbocycles. The highest BCUT2D eigenvalue weighted by molar-refractivity contribution is 5.53. The van der Waals surface area contributed by atoms with Gasteiger partial charge in [0, 0.05) is 48.3 Å². The van der Waals surface area contributed by atoms with Crippen molar-refractivity contribution >= 4 is 0 Å². The Balaban J connectivity index is -0.000000272. The Morgan fingerprint density at radius 2 is 1.02 bits per heavy atom. The average Bonchev–Trinajstić information content (AvgIpc) is 3.13. The fraction of sp³-hybridized carbons (Fsp3) is 0.854. The summed E-state index contributed by atoms with van der Waals surface area (Å²) in [5.41, 5.74) is 0.979. The second kappa shape index (κ2) is 45.4. The van der Waals surface area contributed by atoms with E-state index in [0.29, 0.717) is 36.1 Å². The summed E-state index contributed by atoms with van der Waals surface area (Å²) in [4.78, 5) is 0. The first-order valence-electron chi connectivity index (χ1n) is 19.1. The second-order valence-electron chi connectivity index (χ2n) is 12.3. The van der Waals surface area contributed by atoms with Crippen molar-refractivity contribution in [2.24, 2.45) is 0 Å². The van der Waals surface area contributed by atoms with E-state index in [1.165, 1.54) is 64.2 Å². The van der Waals surface area contributed by atoms with Crippen LogP contribution >= 0.6 is 0 Å². The van der Waals surface area contributed by atoms with E-state index in [-0.39, 0.29) is 6.10 Å². The Morgan fingerprint density at radius 1 is 0.520 bits per heavy atom. The molecule has 302 valence electrons. The molecule has 1 aromatic rings. The summed E-state index contributed by atoms with van der Waals surface area (Å²) in [5, 5.41) is 0. The molecule has 9 heteroatoms. The van der Waals surface area contributed by atoms with E-state index < -0.39 is 0 Å². The van der Waals surface area contributed by atoms with Crippen molar-refractivity contribution in [3.05, 3.63) is 17.7 Å². The molecule has 0 amide bonds. The average molecular weight is 721 g/mol. The molecule has 0 radical (unpaired) electrons. The first kappa shape index (κ1) is 55.1. The highest BCUT2D eigenvalue weighted by Crippen LogP contribution is 2.38. The number of hydrogen-bond acceptors (Lipinski definition) is 9. The van der Waals surface area contributed by atoms with Gasteiger partial charge in [0.25, 0.3) is 0 Å². The molecule has 50 heavy (non-hydrogen) atoms. The molecular weight excluding hydrogens is 636 g/mol. The molecule has 0 aliphatic heterocycles. The maximum absolute atomic E-state index is 5.34. The van der Waals surface area contributed by atoms with Crippen LogP contribution in [0.5, 0.6) is 17.2 Å². The van der Waals surface area contributed by atoms with Gasteiger partial charge >= 0.3 is 0 Å². The van der Waals surface area contributed by atoms with Crippen LogP contribution in [0.2, 0.25) is 0 Å². The maximum Gasteiger partial charge on any atom is 0.203 e. The van der Waals surface area contributed by atoms with Crippen LogP contribution < -0.4 is 14.2 Å². The molecule has 2 atom stereocenters. The number of benzene rings is 1. The Hall–Kier alpha value is -1.62. The van der Waals surface area contributed by atoms with Gasteiger partial charge in [-0.2, -0.15) is 0 Å². The number of methoxy groups -OCH3 is 7. The molecule has 0 heterocycles. The van der Waals surface area contributed by atoms with Gasteiger partial charge in [-0.1, -0.05) is 85.5 Å². The molecule has 0 N–H and O–H groups in total. The van der Waals surface area contributed by atoms with Gasteiger partial charge in [0.2, 0.25) is 5.75 Å². The quantitative estimate of drug-likeness (QED) is 0.0917. The largest absolute Gasteiger partial charge is 0.493 e. The third-order valence-electron chi connectivity index (χ3n) is 7.22. The highest BCUT2D eigenvalue weighted by atomic mass is 16.5. The first-order chi connectivity index (χ1) is 24.1. The van der Waals surface area contributed by atoms with E-state index in [1.54, 1.807) is 49.8 Å². The van der Waals surface area contributed by atoms with E-state index >= 15 is 0 Å². The third kappa shape index (κ3) is 40.8. The van der Waals surface area contributed by atoms with Crippen LogP contribution in [-0.2, 0) is 35.0 Å². The first-order valence-corrected chi connectivity index (χ1v) is 19.1. The SMILES string of the molecule is CCCCCCCC.CCCCCOC(C)C.CCCCOCC(C)OC.COCCC(C)OC.COCc1cc(OC)c(OC)c(OC)c1. The van der Waals surface area contributed by atoms with Crippen LogP contribution in [-0.4, -0.2) is 94.5 Å². The lowest BCUT2D eigenvalue weighted by Gasteiger charge is -2.13. The van der Waals surface area contributed by atoms with Crippen molar-refractivity contribution in [3.63, 3.8) is 0 Å². The van der Waals surface area contributed by atoms with Crippen molar-refractivity contribution < 1.29 is 42.6 Å². The van der Waals surface area contributed by atoms with Gasteiger partial charge in [-0.3, -0.25) is 0 Å². The standard InChI is InChI=1S/C11H16O4.C8H18O2.C8H18O.C8H18.C6H14O2/c1-12-7-8-5-9(13-2)11(15-4)10(6-8)14-3;1-4-5-6-10-7-8(2)9-3;1-4-5-6-7-9-8(2)3;1-3-5-7-8-6-4-2;1-6(8-3)4-5-7-2/h5-6H,7H2,1-4H3;8H,4-7H2,1-3H3;8H,4-7H2,1-3H3;3-8H2,1-2H3;6H,4-5H2,1-3H3. The van der Waals surface area contributed by atoms with Gasteiger partial charge in [-0.25, -0.2) is 0 Å². The number of unbranched alkanes of at least 4 members (excludes halogenated alkanes) is 8. The third-order valence-corrected chi connectivity index (χ3v) is 7.22. The van der Waals surface area contributed by atoms with Crippen LogP contribution in [0.15, 0.2) is 12.1 Å². The summed E-state index contributed by atoms with van der Waals surface area (Å²) in [5.74, 6) is 1.88. The molecule has 9 nitrogen and oxygen atoms in total. The molecule has 1 rings (SSSR count). The van der Waals surface area contributed by atoms with E-state index in [9.17, 15) is 0 Å². The monoisotopic (exact) mass is 721 g/mol. The topological polar surface area (TPSA) is 83.1 Å². The predicted molar refractivity (Wildman–Crippen MR) is 212 cm³/mol. The maximum atomic E-state index is 5.34. The van der Waals surface area contributed by atoms with Crippen molar-refractivity contribution in [1.29, 1.82) is 0 Å². The van der Waals surface area contributed by atoms with E-state index in [2.05, 4.69) is 41.5 Å². The summed E-state index contributed by atoms with van der Waals surface area (Å²) in [6, 6.07) is 3.73. The zero-order valence-electron chi connectivity index (χ0n) is 35.6. The van der Waals surface area contributed by atoms with E-state index in [1.807, 2.05) is 26.0 Å². The Morgan fingerprint density at radius 3 is 1.40 bits per heavy atom. The van der Waals surface area contributed by atoms with Crippen molar-refractivity contribution in [1.82, 2.24) is 0 Å². The Bertz CT molecular complexity index is 731. The lowest BCUT2D eigenvalue weighted by molar-refractivity contribution is 0.0177. The van der Waals surface area contributed by atoms with Gasteiger partial charge in [0.15, 0.2) is 11.5 Å². The molecule has 2 unspecified atom stereocenters. The molecule has 0 bridgehead atoms. The number of rotatable bonds is 25. The zero-order valence-corrected chi connectivity index (χ0v) is 35.6. The highest BCUT2D eigenvalue weighted by Gasteiger charge is 2.12. The van der Waals surface area contributed by atoms with Crippen LogP contribution in [0.3, 0.4) is 0 Å². The lowest BCUT2D eigenvalue weighted by atomic mass is 10.1. The summed E-state index contributed by atoms with van der Waals surface area (Å²) < 4.78 is 46.1. The molecule has 1 aromatic carbocycles. The van der Waals surface area contributed by atoms with Gasteiger partial charge in [0.05, 0.1) is 52.9 Å². The van der Waals surface area contributed by atoms with Gasteiger partial charge in [-0.15, -0.1) is 0 Å².